The average molecular weight is 229 g/mol. The van der Waals surface area contributed by atoms with Crippen molar-refractivity contribution in [2.75, 3.05) is 7.05 Å². The topological polar surface area (TPSA) is 84.9 Å². The minimum absolute atomic E-state index is 0.525. The Morgan fingerprint density at radius 3 is 2.50 bits per heavy atom. The van der Waals surface area contributed by atoms with Gasteiger partial charge in [-0.2, -0.15) is 0 Å². The van der Waals surface area contributed by atoms with Gasteiger partial charge >= 0.3 is 11.5 Å². The molecule has 0 aliphatic rings. The van der Waals surface area contributed by atoms with Gasteiger partial charge in [0.1, 0.15) is 5.71 Å². The van der Waals surface area contributed by atoms with Crippen LogP contribution in [-0.4, -0.2) is 29.4 Å². The van der Waals surface area contributed by atoms with Crippen molar-refractivity contribution in [3.63, 3.8) is 0 Å². The van der Waals surface area contributed by atoms with Crippen molar-refractivity contribution in [2.24, 2.45) is 10.7 Å². The molecule has 0 saturated heterocycles. The van der Waals surface area contributed by atoms with Crippen molar-refractivity contribution in [3.8, 4) is 0 Å². The van der Waals surface area contributed by atoms with Crippen LogP contribution in [-0.2, 0) is 9.53 Å². The summed E-state index contributed by atoms with van der Waals surface area (Å²) >= 11 is 4.37. The highest BCUT2D eigenvalue weighted by atomic mass is 35.5. The van der Waals surface area contributed by atoms with Gasteiger partial charge in [0.15, 0.2) is 5.88 Å². The lowest BCUT2D eigenvalue weighted by Crippen LogP contribution is -2.19. The van der Waals surface area contributed by atoms with Crippen LogP contribution >= 0.6 is 11.6 Å². The van der Waals surface area contributed by atoms with Gasteiger partial charge in [0.2, 0.25) is 0 Å². The average Bonchev–Trinajstić information content (AvgIpc) is 1.96. The minimum atomic E-state index is -3.97. The van der Waals surface area contributed by atoms with Crippen molar-refractivity contribution in [1.82, 2.24) is 0 Å². The van der Waals surface area contributed by atoms with Crippen LogP contribution in [0.4, 0.5) is 8.78 Å². The van der Waals surface area contributed by atoms with E-state index in [-0.39, 0.29) is 0 Å². The van der Waals surface area contributed by atoms with Crippen LogP contribution in [0.2, 0.25) is 0 Å². The Kier molecular flexibility index (Phi) is 4.29. The maximum absolute atomic E-state index is 12.0. The maximum atomic E-state index is 12.0. The van der Waals surface area contributed by atoms with E-state index >= 15 is 0 Å². The summed E-state index contributed by atoms with van der Waals surface area (Å²) in [6.45, 7) is 0. The summed E-state index contributed by atoms with van der Waals surface area (Å²) in [7, 11) is 1.16. The Labute approximate surface area is 82.8 Å². The highest BCUT2D eigenvalue weighted by Gasteiger charge is 2.28. The lowest BCUT2D eigenvalue weighted by atomic mass is 10.3. The second-order valence-electron chi connectivity index (χ2n) is 2.01. The van der Waals surface area contributed by atoms with Crippen molar-refractivity contribution in [2.45, 2.75) is 5.57 Å². The van der Waals surface area contributed by atoms with E-state index in [1.807, 2.05) is 0 Å². The molecule has 0 amide bonds. The number of nitrogens with zero attached hydrogens (tertiary/aromatic N) is 1. The van der Waals surface area contributed by atoms with Crippen LogP contribution in [0.3, 0.4) is 0 Å². The summed E-state index contributed by atoms with van der Waals surface area (Å²) in [5.74, 6) is -2.26. The zero-order valence-electron chi connectivity index (χ0n) is 7.00. The summed E-state index contributed by atoms with van der Waals surface area (Å²) in [6, 6.07) is 0. The Morgan fingerprint density at radius 2 is 2.21 bits per heavy atom. The van der Waals surface area contributed by atoms with E-state index in [1.165, 1.54) is 0 Å². The van der Waals surface area contributed by atoms with E-state index in [4.69, 9.17) is 10.8 Å². The molecule has 0 saturated carbocycles. The van der Waals surface area contributed by atoms with Gasteiger partial charge in [-0.3, -0.25) is 4.99 Å². The fourth-order valence-electron chi connectivity index (χ4n) is 0.520. The number of aliphatic imine (C=N–C) groups is 1. The van der Waals surface area contributed by atoms with Crippen molar-refractivity contribution < 1.29 is 23.4 Å². The molecule has 0 aliphatic heterocycles. The summed E-state index contributed by atoms with van der Waals surface area (Å²) in [4.78, 5) is 13.6. The number of hydrogen-bond donors (Lipinski definition) is 2. The van der Waals surface area contributed by atoms with Crippen LogP contribution in [0.1, 0.15) is 0 Å². The van der Waals surface area contributed by atoms with Crippen molar-refractivity contribution in [3.05, 3.63) is 12.0 Å². The number of aliphatic carboxylic acids is 1. The number of ether oxygens (including phenoxy) is 1. The normalized spacial score (nSPS) is 14.0. The molecule has 0 unspecified atom stereocenters. The highest BCUT2D eigenvalue weighted by molar-refractivity contribution is 6.40. The molecule has 3 N–H and O–H groups in total. The monoisotopic (exact) mass is 228 g/mol. The molecule has 80 valence electrons. The van der Waals surface area contributed by atoms with Gasteiger partial charge in [-0.1, -0.05) is 0 Å². The predicted molar refractivity (Wildman–Crippen MR) is 45.2 cm³/mol. The van der Waals surface area contributed by atoms with E-state index in [9.17, 15) is 13.6 Å². The number of hydrogen-bond acceptors (Lipinski definition) is 4. The summed E-state index contributed by atoms with van der Waals surface area (Å²) in [6.07, 6.45) is 0.624. The number of nitrogens with two attached hydrogens (primary N) is 1. The first-order chi connectivity index (χ1) is 6.26. The molecule has 0 spiro atoms. The van der Waals surface area contributed by atoms with E-state index in [1.54, 1.807) is 0 Å². The van der Waals surface area contributed by atoms with Gasteiger partial charge in [0.05, 0.1) is 0 Å². The molecule has 14 heavy (non-hydrogen) atoms. The van der Waals surface area contributed by atoms with Gasteiger partial charge in [-0.05, 0) is 0 Å². The summed E-state index contributed by atoms with van der Waals surface area (Å²) < 4.78 is 27.6. The highest BCUT2D eigenvalue weighted by Crippen LogP contribution is 2.21. The Morgan fingerprint density at radius 1 is 1.71 bits per heavy atom. The van der Waals surface area contributed by atoms with Gasteiger partial charge in [0.25, 0.3) is 0 Å². The standard InChI is InChI=1S/C6H7ClF2N2O3/c1-11-3(5(12)13)2-4(10)14-6(7,8)9/h2H,10H2,1H3,(H,12,13)/b4-2+,11-3?. The fraction of sp³-hybridized carbons (Fsp3) is 0.333. The molecule has 0 aromatic carbocycles. The first kappa shape index (κ1) is 12.6. The molecule has 0 radical (unpaired) electrons. The van der Waals surface area contributed by atoms with E-state index < -0.39 is 23.1 Å². The molecule has 0 aliphatic carbocycles. The van der Waals surface area contributed by atoms with Crippen LogP contribution in [0, 0.1) is 0 Å². The lowest BCUT2D eigenvalue weighted by molar-refractivity contribution is -0.141. The molecule has 0 heterocycles. The molecule has 0 aromatic rings. The molecular weight excluding hydrogens is 222 g/mol. The second kappa shape index (κ2) is 4.75. The third-order valence-electron chi connectivity index (χ3n) is 0.973. The number of carboxylic acid groups (broad SMARTS) is 1. The first-order valence-electron chi connectivity index (χ1n) is 3.19. The smallest absolute Gasteiger partial charge is 0.477 e. The Bertz CT molecular complexity index is 285. The summed E-state index contributed by atoms with van der Waals surface area (Å²) in [5, 5.41) is 8.41. The SMILES string of the molecule is CN=C(/C=C(\N)OC(F)(F)Cl)C(=O)O. The van der Waals surface area contributed by atoms with Crippen LogP contribution in [0.15, 0.2) is 17.0 Å². The number of alkyl halides is 3. The van der Waals surface area contributed by atoms with Crippen LogP contribution in [0.25, 0.3) is 0 Å². The molecule has 0 aromatic heterocycles. The number of rotatable bonds is 4. The quantitative estimate of drug-likeness (QED) is 0.422. The zero-order valence-corrected chi connectivity index (χ0v) is 7.76. The molecule has 5 nitrogen and oxygen atoms in total. The maximum Gasteiger partial charge on any atom is 0.488 e. The molecule has 8 heteroatoms. The van der Waals surface area contributed by atoms with E-state index in [2.05, 4.69) is 21.3 Å². The largest absolute Gasteiger partial charge is 0.488 e. The number of carbonyl (C=O) groups is 1. The number of halogens is 3. The Hall–Kier alpha value is -1.37. The first-order valence-corrected chi connectivity index (χ1v) is 3.57. The van der Waals surface area contributed by atoms with Crippen molar-refractivity contribution >= 4 is 23.3 Å². The van der Waals surface area contributed by atoms with Gasteiger partial charge in [-0.15, -0.1) is 8.78 Å². The van der Waals surface area contributed by atoms with Gasteiger partial charge in [-0.25, -0.2) is 4.79 Å². The lowest BCUT2D eigenvalue weighted by Gasteiger charge is -2.09. The molecule has 0 atom stereocenters. The van der Waals surface area contributed by atoms with Crippen molar-refractivity contribution in [1.29, 1.82) is 0 Å². The molecule has 0 rings (SSSR count). The minimum Gasteiger partial charge on any atom is -0.477 e. The van der Waals surface area contributed by atoms with Crippen LogP contribution in [0.5, 0.6) is 0 Å². The summed E-state index contributed by atoms with van der Waals surface area (Å²) in [5.41, 5.74) is 0.405. The fourth-order valence-corrected chi connectivity index (χ4v) is 0.609. The third-order valence-corrected chi connectivity index (χ3v) is 1.05. The second-order valence-corrected chi connectivity index (χ2v) is 2.45. The molecule has 0 bridgehead atoms. The molecule has 0 fully saturated rings. The Balaban J connectivity index is 4.59. The van der Waals surface area contributed by atoms with Gasteiger partial charge < -0.3 is 15.6 Å². The zero-order chi connectivity index (χ0) is 11.4. The van der Waals surface area contributed by atoms with E-state index in [0.29, 0.717) is 6.08 Å². The molecular formula is C6H7ClF2N2O3. The third kappa shape index (κ3) is 5.31. The van der Waals surface area contributed by atoms with E-state index in [0.717, 1.165) is 7.05 Å². The predicted octanol–water partition coefficient (Wildman–Crippen LogP) is 0.748. The number of carboxylic acids is 1. The van der Waals surface area contributed by atoms with Gasteiger partial charge in [0, 0.05) is 24.7 Å². The van der Waals surface area contributed by atoms with Crippen LogP contribution < -0.4 is 5.73 Å².